The van der Waals surface area contributed by atoms with E-state index in [0.717, 1.165) is 12.1 Å². The number of thioether (sulfide) groups is 1. The minimum Gasteiger partial charge on any atom is -0.355 e. The summed E-state index contributed by atoms with van der Waals surface area (Å²) in [4.78, 5) is 11.8. The predicted octanol–water partition coefficient (Wildman–Crippen LogP) is 2.51. The first kappa shape index (κ1) is 16.3. The summed E-state index contributed by atoms with van der Waals surface area (Å²) in [6.07, 6.45) is 2.85. The Morgan fingerprint density at radius 2 is 2.16 bits per heavy atom. The van der Waals surface area contributed by atoms with Crippen molar-refractivity contribution in [2.75, 3.05) is 12.3 Å². The van der Waals surface area contributed by atoms with E-state index in [4.69, 9.17) is 5.73 Å². The molecule has 19 heavy (non-hydrogen) atoms. The lowest BCUT2D eigenvalue weighted by molar-refractivity contribution is -0.121. The van der Waals surface area contributed by atoms with Crippen LogP contribution >= 0.6 is 24.2 Å². The van der Waals surface area contributed by atoms with Crippen LogP contribution < -0.4 is 11.1 Å². The highest BCUT2D eigenvalue weighted by Gasteiger charge is 2.17. The second kappa shape index (κ2) is 8.46. The van der Waals surface area contributed by atoms with Crippen LogP contribution in [0.4, 0.5) is 0 Å². The molecule has 2 unspecified atom stereocenters. The fraction of sp³-hybridized carbons (Fsp3) is 0.500. The Morgan fingerprint density at radius 1 is 1.42 bits per heavy atom. The van der Waals surface area contributed by atoms with Crippen molar-refractivity contribution >= 4 is 30.1 Å². The summed E-state index contributed by atoms with van der Waals surface area (Å²) < 4.78 is 0. The smallest absolute Gasteiger partial charge is 0.221 e. The summed E-state index contributed by atoms with van der Waals surface area (Å²) in [5.41, 5.74) is 7.03. The number of carbonyl (C=O) groups is 1. The summed E-state index contributed by atoms with van der Waals surface area (Å²) in [7, 11) is 0. The number of carbonyl (C=O) groups excluding carboxylic acids is 1. The molecule has 1 saturated heterocycles. The highest BCUT2D eigenvalue weighted by molar-refractivity contribution is 8.00. The molecule has 1 amide bonds. The van der Waals surface area contributed by atoms with Crippen molar-refractivity contribution in [3.8, 4) is 0 Å². The Kier molecular flexibility index (Phi) is 7.28. The molecule has 0 spiro atoms. The molecule has 2 rings (SSSR count). The molecule has 0 saturated carbocycles. The predicted molar refractivity (Wildman–Crippen MR) is 83.7 cm³/mol. The average molecular weight is 301 g/mol. The van der Waals surface area contributed by atoms with Gasteiger partial charge in [0.15, 0.2) is 0 Å². The quantitative estimate of drug-likeness (QED) is 0.878. The van der Waals surface area contributed by atoms with Gasteiger partial charge in [-0.25, -0.2) is 0 Å². The number of rotatable bonds is 5. The van der Waals surface area contributed by atoms with Crippen molar-refractivity contribution in [3.05, 3.63) is 35.9 Å². The number of benzene rings is 1. The molecule has 1 aromatic rings. The molecule has 1 aliphatic rings. The van der Waals surface area contributed by atoms with E-state index in [2.05, 4.69) is 5.32 Å². The van der Waals surface area contributed by atoms with E-state index < -0.39 is 0 Å². The van der Waals surface area contributed by atoms with Crippen molar-refractivity contribution in [2.24, 2.45) is 5.73 Å². The van der Waals surface area contributed by atoms with Crippen LogP contribution in [0.25, 0.3) is 0 Å². The zero-order valence-corrected chi connectivity index (χ0v) is 12.5. The first-order chi connectivity index (χ1) is 8.75. The van der Waals surface area contributed by atoms with Crippen LogP contribution in [0.15, 0.2) is 30.3 Å². The van der Waals surface area contributed by atoms with Gasteiger partial charge in [0.05, 0.1) is 0 Å². The molecular weight excluding hydrogens is 280 g/mol. The van der Waals surface area contributed by atoms with Crippen molar-refractivity contribution in [2.45, 2.75) is 30.6 Å². The molecule has 3 N–H and O–H groups in total. The molecule has 1 aliphatic heterocycles. The number of halogens is 1. The second-order valence-corrected chi connectivity index (χ2v) is 6.07. The van der Waals surface area contributed by atoms with E-state index in [9.17, 15) is 4.79 Å². The molecule has 0 aromatic heterocycles. The van der Waals surface area contributed by atoms with E-state index in [1.807, 2.05) is 42.1 Å². The lowest BCUT2D eigenvalue weighted by atomic mass is 10.0. The van der Waals surface area contributed by atoms with Gasteiger partial charge in [0.2, 0.25) is 5.91 Å². The van der Waals surface area contributed by atoms with Gasteiger partial charge in [0.1, 0.15) is 0 Å². The largest absolute Gasteiger partial charge is 0.355 e. The van der Waals surface area contributed by atoms with E-state index in [0.29, 0.717) is 11.7 Å². The van der Waals surface area contributed by atoms with Gasteiger partial charge in [-0.05, 0) is 24.2 Å². The molecule has 1 aromatic carbocycles. The first-order valence-corrected chi connectivity index (χ1v) is 7.49. The standard InChI is InChI=1S/C14H20N2OS.ClH/c15-13(11-5-2-1-3-6-11)9-14(17)16-10-12-7-4-8-18-12;/h1-3,5-6,12-13H,4,7-10,15H2,(H,16,17);1H. The highest BCUT2D eigenvalue weighted by Crippen LogP contribution is 2.25. The van der Waals surface area contributed by atoms with E-state index >= 15 is 0 Å². The van der Waals surface area contributed by atoms with Crippen LogP contribution in [0.1, 0.15) is 30.9 Å². The summed E-state index contributed by atoms with van der Waals surface area (Å²) in [6, 6.07) is 9.57. The molecule has 2 atom stereocenters. The molecule has 0 radical (unpaired) electrons. The van der Waals surface area contributed by atoms with Crippen molar-refractivity contribution in [1.29, 1.82) is 0 Å². The number of nitrogens with one attached hydrogen (secondary N) is 1. The van der Waals surface area contributed by atoms with Gasteiger partial charge in [-0.2, -0.15) is 11.8 Å². The number of hydrogen-bond acceptors (Lipinski definition) is 3. The Bertz CT molecular complexity index is 382. The van der Waals surface area contributed by atoms with Crippen LogP contribution in [-0.4, -0.2) is 23.5 Å². The highest BCUT2D eigenvalue weighted by atomic mass is 35.5. The molecule has 5 heteroatoms. The summed E-state index contributed by atoms with van der Waals surface area (Å²) in [6.45, 7) is 0.783. The molecule has 106 valence electrons. The Hall–Kier alpha value is -0.710. The van der Waals surface area contributed by atoms with Gasteiger partial charge in [-0.1, -0.05) is 30.3 Å². The molecular formula is C14H21ClN2OS. The zero-order valence-electron chi connectivity index (χ0n) is 10.9. The monoisotopic (exact) mass is 300 g/mol. The summed E-state index contributed by atoms with van der Waals surface area (Å²) >= 11 is 1.95. The summed E-state index contributed by atoms with van der Waals surface area (Å²) in [5, 5.41) is 3.58. The maximum Gasteiger partial charge on any atom is 0.221 e. The molecule has 1 fully saturated rings. The second-order valence-electron chi connectivity index (χ2n) is 4.66. The third-order valence-electron chi connectivity index (χ3n) is 3.18. The maximum absolute atomic E-state index is 11.8. The third-order valence-corrected chi connectivity index (χ3v) is 4.58. The van der Waals surface area contributed by atoms with Crippen LogP contribution in [-0.2, 0) is 4.79 Å². The number of nitrogens with two attached hydrogens (primary N) is 1. The van der Waals surface area contributed by atoms with Gasteiger partial charge in [-0.15, -0.1) is 12.4 Å². The lowest BCUT2D eigenvalue weighted by Gasteiger charge is -2.14. The Labute approximate surface area is 125 Å². The van der Waals surface area contributed by atoms with Gasteiger partial charge in [0, 0.05) is 24.3 Å². The fourth-order valence-corrected chi connectivity index (χ4v) is 3.32. The minimum absolute atomic E-state index is 0. The van der Waals surface area contributed by atoms with Crippen LogP contribution in [0.2, 0.25) is 0 Å². The fourth-order valence-electron chi connectivity index (χ4n) is 2.12. The van der Waals surface area contributed by atoms with Crippen LogP contribution in [0.5, 0.6) is 0 Å². The van der Waals surface area contributed by atoms with Crippen molar-refractivity contribution in [1.82, 2.24) is 5.32 Å². The SMILES string of the molecule is Cl.NC(CC(=O)NCC1CCCS1)c1ccccc1. The van der Waals surface area contributed by atoms with Gasteiger partial charge < -0.3 is 11.1 Å². The van der Waals surface area contributed by atoms with E-state index in [1.165, 1.54) is 18.6 Å². The molecule has 0 aliphatic carbocycles. The third kappa shape index (κ3) is 5.43. The van der Waals surface area contributed by atoms with Crippen molar-refractivity contribution < 1.29 is 4.79 Å². The number of amides is 1. The minimum atomic E-state index is -0.206. The van der Waals surface area contributed by atoms with Crippen LogP contribution in [0, 0.1) is 0 Å². The van der Waals surface area contributed by atoms with Crippen LogP contribution in [0.3, 0.4) is 0 Å². The molecule has 3 nitrogen and oxygen atoms in total. The summed E-state index contributed by atoms with van der Waals surface area (Å²) in [5.74, 6) is 1.28. The number of hydrogen-bond donors (Lipinski definition) is 2. The van der Waals surface area contributed by atoms with Gasteiger partial charge >= 0.3 is 0 Å². The molecule has 0 bridgehead atoms. The van der Waals surface area contributed by atoms with Gasteiger partial charge in [-0.3, -0.25) is 4.79 Å². The average Bonchev–Trinajstić information content (AvgIpc) is 2.90. The van der Waals surface area contributed by atoms with E-state index in [-0.39, 0.29) is 24.4 Å². The van der Waals surface area contributed by atoms with E-state index in [1.54, 1.807) is 0 Å². The topological polar surface area (TPSA) is 55.1 Å². The van der Waals surface area contributed by atoms with Crippen molar-refractivity contribution in [3.63, 3.8) is 0 Å². The Morgan fingerprint density at radius 3 is 2.79 bits per heavy atom. The zero-order chi connectivity index (χ0) is 12.8. The normalized spacial score (nSPS) is 19.5. The maximum atomic E-state index is 11.8. The van der Waals surface area contributed by atoms with Gasteiger partial charge in [0.25, 0.3) is 0 Å². The Balaban J connectivity index is 0.00000180. The first-order valence-electron chi connectivity index (χ1n) is 6.44. The molecule has 1 heterocycles. The lowest BCUT2D eigenvalue weighted by Crippen LogP contribution is -2.32.